The van der Waals surface area contributed by atoms with Crippen LogP contribution in [0.4, 0.5) is 5.82 Å². The molecule has 4 heterocycles. The number of piperidine rings is 1. The number of fused-ring (bicyclic) bond motifs is 1. The molecule has 0 spiro atoms. The molecule has 0 amide bonds. The van der Waals surface area contributed by atoms with Gasteiger partial charge in [-0.3, -0.25) is 0 Å². The molecule has 0 aromatic carbocycles. The van der Waals surface area contributed by atoms with Crippen LogP contribution < -0.4 is 10.2 Å². The summed E-state index contributed by atoms with van der Waals surface area (Å²) in [6, 6.07) is 4.92. The van der Waals surface area contributed by atoms with Crippen molar-refractivity contribution in [3.63, 3.8) is 0 Å². The monoisotopic (exact) mass is 354 g/mol. The van der Waals surface area contributed by atoms with Gasteiger partial charge in [-0.05, 0) is 38.8 Å². The summed E-state index contributed by atoms with van der Waals surface area (Å²) < 4.78 is 0. The summed E-state index contributed by atoms with van der Waals surface area (Å²) in [7, 11) is 0. The maximum absolute atomic E-state index is 4.56. The second-order valence-corrected chi connectivity index (χ2v) is 7.79. The molecule has 1 atom stereocenters. The van der Waals surface area contributed by atoms with Gasteiger partial charge in [0.25, 0.3) is 0 Å². The van der Waals surface area contributed by atoms with Gasteiger partial charge in [0.15, 0.2) is 0 Å². The van der Waals surface area contributed by atoms with Crippen LogP contribution in [0.25, 0.3) is 10.2 Å². The molecule has 3 aromatic rings. The fraction of sp³-hybridized carbons (Fsp3) is 0.444. The number of hydrogen-bond acceptors (Lipinski definition) is 7. The first-order valence-electron chi connectivity index (χ1n) is 8.69. The average Bonchev–Trinajstić information content (AvgIpc) is 3.03. The summed E-state index contributed by atoms with van der Waals surface area (Å²) in [6.45, 7) is 6.31. The summed E-state index contributed by atoms with van der Waals surface area (Å²) in [4.78, 5) is 22.1. The Morgan fingerprint density at radius 1 is 1.20 bits per heavy atom. The van der Waals surface area contributed by atoms with Crippen molar-refractivity contribution >= 4 is 27.4 Å². The minimum absolute atomic E-state index is 0.241. The van der Waals surface area contributed by atoms with Gasteiger partial charge in [-0.15, -0.1) is 11.3 Å². The Balaban J connectivity index is 1.41. The molecule has 0 unspecified atom stereocenters. The third-order valence-corrected chi connectivity index (χ3v) is 5.72. The largest absolute Gasteiger partial charge is 0.356 e. The number of nitrogens with zero attached hydrogens (tertiary/aromatic N) is 5. The quantitative estimate of drug-likeness (QED) is 0.776. The van der Waals surface area contributed by atoms with Gasteiger partial charge in [-0.2, -0.15) is 0 Å². The highest BCUT2D eigenvalue weighted by Crippen LogP contribution is 2.31. The van der Waals surface area contributed by atoms with E-state index in [1.165, 1.54) is 10.3 Å². The van der Waals surface area contributed by atoms with Crippen LogP contribution in [0.1, 0.15) is 36.4 Å². The number of anilines is 1. The zero-order valence-corrected chi connectivity index (χ0v) is 15.3. The number of hydrogen-bond donors (Lipinski definition) is 1. The lowest BCUT2D eigenvalue weighted by Crippen LogP contribution is -2.43. The number of thiophene rings is 1. The fourth-order valence-corrected chi connectivity index (χ4v) is 4.31. The van der Waals surface area contributed by atoms with E-state index >= 15 is 0 Å². The minimum atomic E-state index is 0.241. The van der Waals surface area contributed by atoms with E-state index in [1.807, 2.05) is 6.07 Å². The minimum Gasteiger partial charge on any atom is -0.356 e. The molecule has 3 aromatic heterocycles. The highest BCUT2D eigenvalue weighted by atomic mass is 32.1. The van der Waals surface area contributed by atoms with Crippen molar-refractivity contribution < 1.29 is 0 Å². The van der Waals surface area contributed by atoms with E-state index in [9.17, 15) is 0 Å². The normalized spacial score (nSPS) is 17.1. The van der Waals surface area contributed by atoms with E-state index in [-0.39, 0.29) is 6.04 Å². The van der Waals surface area contributed by atoms with Gasteiger partial charge in [-0.25, -0.2) is 19.9 Å². The molecular formula is C18H22N6S. The summed E-state index contributed by atoms with van der Waals surface area (Å²) in [5, 5.41) is 4.89. The first kappa shape index (κ1) is 16.4. The van der Waals surface area contributed by atoms with Crippen LogP contribution in [0.2, 0.25) is 0 Å². The lowest BCUT2D eigenvalue weighted by atomic mass is 10.0. The van der Waals surface area contributed by atoms with Gasteiger partial charge in [0.2, 0.25) is 0 Å². The van der Waals surface area contributed by atoms with E-state index < -0.39 is 0 Å². The molecule has 0 saturated carbocycles. The molecule has 1 fully saturated rings. The second kappa shape index (κ2) is 7.01. The van der Waals surface area contributed by atoms with Crippen molar-refractivity contribution in [1.29, 1.82) is 0 Å². The highest BCUT2D eigenvalue weighted by molar-refractivity contribution is 7.18. The Kier molecular flexibility index (Phi) is 4.59. The van der Waals surface area contributed by atoms with Crippen molar-refractivity contribution in [3.8, 4) is 0 Å². The smallest absolute Gasteiger partial charge is 0.140 e. The molecule has 0 bridgehead atoms. The number of aryl methyl sites for hydroxylation is 1. The number of nitrogens with one attached hydrogen (secondary N) is 1. The lowest BCUT2D eigenvalue weighted by molar-refractivity contribution is 0.377. The van der Waals surface area contributed by atoms with Crippen LogP contribution >= 0.6 is 11.3 Å². The zero-order chi connectivity index (χ0) is 17.2. The van der Waals surface area contributed by atoms with Crippen LogP contribution in [0.5, 0.6) is 0 Å². The maximum Gasteiger partial charge on any atom is 0.140 e. The van der Waals surface area contributed by atoms with Crippen LogP contribution in [-0.4, -0.2) is 39.1 Å². The molecule has 1 aliphatic heterocycles. The molecule has 25 heavy (non-hydrogen) atoms. The summed E-state index contributed by atoms with van der Waals surface area (Å²) in [6.07, 6.45) is 7.30. The van der Waals surface area contributed by atoms with Crippen LogP contribution in [-0.2, 0) is 0 Å². The maximum atomic E-state index is 4.56. The Hall–Kier alpha value is -2.12. The Morgan fingerprint density at radius 2 is 2.04 bits per heavy atom. The Morgan fingerprint density at radius 3 is 2.80 bits per heavy atom. The van der Waals surface area contributed by atoms with E-state index in [4.69, 9.17) is 0 Å². The van der Waals surface area contributed by atoms with E-state index in [1.54, 1.807) is 30.2 Å². The average molecular weight is 354 g/mol. The summed E-state index contributed by atoms with van der Waals surface area (Å²) in [5.41, 5.74) is 1.05. The van der Waals surface area contributed by atoms with Gasteiger partial charge in [0, 0.05) is 36.2 Å². The Bertz CT molecular complexity index is 841. The van der Waals surface area contributed by atoms with Crippen molar-refractivity contribution in [1.82, 2.24) is 25.3 Å². The van der Waals surface area contributed by atoms with E-state index in [0.29, 0.717) is 6.04 Å². The van der Waals surface area contributed by atoms with Gasteiger partial charge >= 0.3 is 0 Å². The molecule has 4 rings (SSSR count). The predicted molar refractivity (Wildman–Crippen MR) is 101 cm³/mol. The first-order valence-corrected chi connectivity index (χ1v) is 9.50. The highest BCUT2D eigenvalue weighted by Gasteiger charge is 2.23. The lowest BCUT2D eigenvalue weighted by Gasteiger charge is -2.34. The predicted octanol–water partition coefficient (Wildman–Crippen LogP) is 3.11. The molecule has 6 nitrogen and oxygen atoms in total. The summed E-state index contributed by atoms with van der Waals surface area (Å²) in [5.74, 6) is 1.08. The molecule has 0 radical (unpaired) electrons. The third-order valence-electron chi connectivity index (χ3n) is 4.76. The van der Waals surface area contributed by atoms with Gasteiger partial charge in [0.05, 0.1) is 11.1 Å². The molecule has 1 aliphatic rings. The first-order chi connectivity index (χ1) is 12.2. The molecule has 7 heteroatoms. The zero-order valence-electron chi connectivity index (χ0n) is 14.5. The standard InChI is InChI=1S/C18H22N6S/c1-12-9-15-17(21-11-22-18(15)25-12)24-7-4-14(5-8-24)23-13(2)16-3-6-19-10-20-16/h3,6,9-11,13-14,23H,4-5,7-8H2,1-2H3/t13-/m0/s1. The van der Waals surface area contributed by atoms with Crippen molar-refractivity contribution in [2.24, 2.45) is 0 Å². The van der Waals surface area contributed by atoms with Gasteiger partial charge < -0.3 is 10.2 Å². The van der Waals surface area contributed by atoms with Crippen LogP contribution in [0.3, 0.4) is 0 Å². The number of rotatable bonds is 4. The summed E-state index contributed by atoms with van der Waals surface area (Å²) >= 11 is 1.73. The molecule has 1 N–H and O–H groups in total. The van der Waals surface area contributed by atoms with E-state index in [2.05, 4.69) is 50.1 Å². The van der Waals surface area contributed by atoms with E-state index in [0.717, 1.165) is 42.3 Å². The third kappa shape index (κ3) is 3.48. The fourth-order valence-electron chi connectivity index (χ4n) is 3.47. The second-order valence-electron chi connectivity index (χ2n) is 6.56. The van der Waals surface area contributed by atoms with Crippen molar-refractivity contribution in [3.05, 3.63) is 41.6 Å². The van der Waals surface area contributed by atoms with Crippen LogP contribution in [0, 0.1) is 6.92 Å². The molecule has 130 valence electrons. The van der Waals surface area contributed by atoms with Crippen molar-refractivity contribution in [2.45, 2.75) is 38.8 Å². The number of aromatic nitrogens is 4. The molecular weight excluding hydrogens is 332 g/mol. The van der Waals surface area contributed by atoms with Gasteiger partial charge in [0.1, 0.15) is 23.3 Å². The molecule has 1 saturated heterocycles. The van der Waals surface area contributed by atoms with Gasteiger partial charge in [-0.1, -0.05) is 0 Å². The topological polar surface area (TPSA) is 66.8 Å². The molecule has 0 aliphatic carbocycles. The van der Waals surface area contributed by atoms with Crippen LogP contribution in [0.15, 0.2) is 31.0 Å². The Labute approximate surface area is 151 Å². The van der Waals surface area contributed by atoms with Crippen molar-refractivity contribution in [2.75, 3.05) is 18.0 Å². The SMILES string of the molecule is Cc1cc2c(N3CCC(N[C@@H](C)c4ccncn4)CC3)ncnc2s1.